The van der Waals surface area contributed by atoms with Crippen LogP contribution in [0, 0.1) is 0 Å². The monoisotopic (exact) mass is 377 g/mol. The molecule has 0 radical (unpaired) electrons. The van der Waals surface area contributed by atoms with Gasteiger partial charge in [-0.2, -0.15) is 10.1 Å². The summed E-state index contributed by atoms with van der Waals surface area (Å²) in [5.41, 5.74) is 1.90. The van der Waals surface area contributed by atoms with Gasteiger partial charge in [-0.15, -0.1) is 0 Å². The molecule has 10 nitrogen and oxygen atoms in total. The third-order valence-electron chi connectivity index (χ3n) is 3.74. The molecule has 0 aliphatic rings. The molecule has 28 heavy (non-hydrogen) atoms. The number of ether oxygens (including phenoxy) is 1. The second kappa shape index (κ2) is 7.58. The van der Waals surface area contributed by atoms with Gasteiger partial charge >= 0.3 is 5.97 Å². The molecule has 140 valence electrons. The summed E-state index contributed by atoms with van der Waals surface area (Å²) >= 11 is 0. The zero-order valence-corrected chi connectivity index (χ0v) is 14.7. The van der Waals surface area contributed by atoms with Crippen LogP contribution in [0.25, 0.3) is 11.5 Å². The van der Waals surface area contributed by atoms with Gasteiger partial charge in [0.2, 0.25) is 11.9 Å². The topological polar surface area (TPSA) is 131 Å². The van der Waals surface area contributed by atoms with Gasteiger partial charge in [0, 0.05) is 11.8 Å². The molecular formula is C18H15N7O3. The fourth-order valence-electron chi connectivity index (χ4n) is 2.41. The van der Waals surface area contributed by atoms with Crippen molar-refractivity contribution in [2.24, 2.45) is 0 Å². The standard InChI is InChI=1S/C18H15N7O3/c1-27-16(26)11-4-6-12(7-5-11)21-17-19-10-20-18(23-17)22-15-9-13(24-25-15)14-3-2-8-28-14/h2-10H,1H3,(H3,19,20,21,22,23,24,25). The number of nitrogens with one attached hydrogen (secondary N) is 3. The number of aromatic amines is 1. The van der Waals surface area contributed by atoms with Gasteiger partial charge in [-0.25, -0.2) is 14.8 Å². The molecule has 0 amide bonds. The van der Waals surface area contributed by atoms with Crippen molar-refractivity contribution in [3.8, 4) is 11.5 Å². The van der Waals surface area contributed by atoms with Crippen molar-refractivity contribution in [2.75, 3.05) is 17.7 Å². The molecule has 0 saturated heterocycles. The Morgan fingerprint density at radius 2 is 1.89 bits per heavy atom. The van der Waals surface area contributed by atoms with Gasteiger partial charge in [0.1, 0.15) is 12.0 Å². The molecule has 4 rings (SSSR count). The van der Waals surface area contributed by atoms with E-state index >= 15 is 0 Å². The van der Waals surface area contributed by atoms with E-state index in [9.17, 15) is 4.79 Å². The second-order valence-corrected chi connectivity index (χ2v) is 5.60. The lowest BCUT2D eigenvalue weighted by atomic mass is 10.2. The van der Waals surface area contributed by atoms with Crippen molar-refractivity contribution >= 4 is 29.4 Å². The first-order valence-electron chi connectivity index (χ1n) is 8.22. The quantitative estimate of drug-likeness (QED) is 0.434. The van der Waals surface area contributed by atoms with Gasteiger partial charge in [0.25, 0.3) is 0 Å². The van der Waals surface area contributed by atoms with Gasteiger partial charge < -0.3 is 19.8 Å². The first kappa shape index (κ1) is 17.2. The Morgan fingerprint density at radius 3 is 2.61 bits per heavy atom. The fourth-order valence-corrected chi connectivity index (χ4v) is 2.41. The van der Waals surface area contributed by atoms with Gasteiger partial charge in [-0.05, 0) is 36.4 Å². The van der Waals surface area contributed by atoms with E-state index in [0.29, 0.717) is 34.7 Å². The van der Waals surface area contributed by atoms with Crippen molar-refractivity contribution < 1.29 is 13.9 Å². The van der Waals surface area contributed by atoms with E-state index in [-0.39, 0.29) is 0 Å². The SMILES string of the molecule is COC(=O)c1ccc(Nc2ncnc(Nc3cc(-c4ccco4)[nH]n3)n2)cc1. The van der Waals surface area contributed by atoms with E-state index in [4.69, 9.17) is 4.42 Å². The lowest BCUT2D eigenvalue weighted by Crippen LogP contribution is -2.04. The summed E-state index contributed by atoms with van der Waals surface area (Å²) in [6.07, 6.45) is 2.96. The van der Waals surface area contributed by atoms with Crippen LogP contribution < -0.4 is 10.6 Å². The second-order valence-electron chi connectivity index (χ2n) is 5.60. The molecule has 1 aromatic carbocycles. The number of carbonyl (C=O) groups excluding carboxylic acids is 1. The molecule has 3 N–H and O–H groups in total. The summed E-state index contributed by atoms with van der Waals surface area (Å²) in [7, 11) is 1.34. The smallest absolute Gasteiger partial charge is 0.337 e. The molecule has 0 saturated carbocycles. The predicted molar refractivity (Wildman–Crippen MR) is 100 cm³/mol. The molecule has 0 atom stereocenters. The van der Waals surface area contributed by atoms with Crippen molar-refractivity contribution in [1.82, 2.24) is 25.1 Å². The minimum absolute atomic E-state index is 0.321. The summed E-state index contributed by atoms with van der Waals surface area (Å²) in [5, 5.41) is 13.1. The van der Waals surface area contributed by atoms with Crippen LogP contribution in [0.5, 0.6) is 0 Å². The third-order valence-corrected chi connectivity index (χ3v) is 3.74. The number of carbonyl (C=O) groups is 1. The van der Waals surface area contributed by atoms with Crippen LogP contribution in [0.1, 0.15) is 10.4 Å². The molecule has 0 fully saturated rings. The highest BCUT2D eigenvalue weighted by atomic mass is 16.5. The Bertz CT molecular complexity index is 1070. The number of methoxy groups -OCH3 is 1. The molecule has 0 aliphatic heterocycles. The summed E-state index contributed by atoms with van der Waals surface area (Å²) < 4.78 is 10.00. The highest BCUT2D eigenvalue weighted by Gasteiger charge is 2.09. The summed E-state index contributed by atoms with van der Waals surface area (Å²) in [5.74, 6) is 1.47. The maximum Gasteiger partial charge on any atom is 0.337 e. The number of benzene rings is 1. The van der Waals surface area contributed by atoms with Gasteiger partial charge in [-0.3, -0.25) is 5.10 Å². The molecule has 0 spiro atoms. The van der Waals surface area contributed by atoms with Crippen LogP contribution in [0.15, 0.2) is 59.5 Å². The lowest BCUT2D eigenvalue weighted by molar-refractivity contribution is 0.0601. The Kier molecular flexibility index (Phi) is 4.66. The minimum Gasteiger partial charge on any atom is -0.465 e. The van der Waals surface area contributed by atoms with E-state index in [1.165, 1.54) is 13.4 Å². The first-order chi connectivity index (χ1) is 13.7. The molecule has 10 heteroatoms. The Labute approximate surface area is 159 Å². The van der Waals surface area contributed by atoms with E-state index in [2.05, 4.69) is 40.5 Å². The number of furan rings is 1. The Balaban J connectivity index is 1.45. The minimum atomic E-state index is -0.397. The maximum atomic E-state index is 11.5. The van der Waals surface area contributed by atoms with Crippen LogP contribution in [0.4, 0.5) is 23.4 Å². The number of H-pyrrole nitrogens is 1. The fraction of sp³-hybridized carbons (Fsp3) is 0.0556. The van der Waals surface area contributed by atoms with Crippen molar-refractivity contribution in [2.45, 2.75) is 0 Å². The van der Waals surface area contributed by atoms with E-state index in [1.54, 1.807) is 42.7 Å². The number of nitrogens with zero attached hydrogens (tertiary/aromatic N) is 4. The number of anilines is 4. The maximum absolute atomic E-state index is 11.5. The zero-order valence-electron chi connectivity index (χ0n) is 14.7. The summed E-state index contributed by atoms with van der Waals surface area (Å²) in [6, 6.07) is 12.2. The number of rotatable bonds is 6. The average Bonchev–Trinajstić information content (AvgIpc) is 3.40. The lowest BCUT2D eigenvalue weighted by Gasteiger charge is -2.07. The van der Waals surface area contributed by atoms with Crippen LogP contribution in [-0.2, 0) is 4.74 Å². The number of aromatic nitrogens is 5. The molecule has 3 heterocycles. The molecule has 0 aliphatic carbocycles. The van der Waals surface area contributed by atoms with E-state index in [1.807, 2.05) is 6.07 Å². The predicted octanol–water partition coefficient (Wildman–Crippen LogP) is 3.13. The van der Waals surface area contributed by atoms with Gasteiger partial charge in [-0.1, -0.05) is 0 Å². The summed E-state index contributed by atoms with van der Waals surface area (Å²) in [4.78, 5) is 23.9. The number of esters is 1. The molecule has 0 bridgehead atoms. The zero-order chi connectivity index (χ0) is 19.3. The van der Waals surface area contributed by atoms with Crippen LogP contribution in [0.2, 0.25) is 0 Å². The van der Waals surface area contributed by atoms with E-state index in [0.717, 1.165) is 5.69 Å². The third kappa shape index (κ3) is 3.80. The number of hydrogen-bond donors (Lipinski definition) is 3. The molecular weight excluding hydrogens is 362 g/mol. The molecule has 3 aromatic heterocycles. The molecule has 4 aromatic rings. The number of hydrogen-bond acceptors (Lipinski definition) is 9. The molecule has 0 unspecified atom stereocenters. The van der Waals surface area contributed by atoms with Crippen LogP contribution in [-0.4, -0.2) is 38.2 Å². The van der Waals surface area contributed by atoms with Crippen molar-refractivity contribution in [3.05, 3.63) is 60.6 Å². The highest BCUT2D eigenvalue weighted by molar-refractivity contribution is 5.89. The average molecular weight is 377 g/mol. The van der Waals surface area contributed by atoms with Crippen LogP contribution in [0.3, 0.4) is 0 Å². The van der Waals surface area contributed by atoms with Crippen molar-refractivity contribution in [1.29, 1.82) is 0 Å². The Hall–Kier alpha value is -4.21. The van der Waals surface area contributed by atoms with Crippen molar-refractivity contribution in [3.63, 3.8) is 0 Å². The Morgan fingerprint density at radius 1 is 1.11 bits per heavy atom. The summed E-state index contributed by atoms with van der Waals surface area (Å²) in [6.45, 7) is 0. The van der Waals surface area contributed by atoms with Gasteiger partial charge in [0.05, 0.1) is 18.9 Å². The first-order valence-corrected chi connectivity index (χ1v) is 8.22. The van der Waals surface area contributed by atoms with E-state index < -0.39 is 5.97 Å². The van der Waals surface area contributed by atoms with Crippen LogP contribution >= 0.6 is 0 Å². The van der Waals surface area contributed by atoms with Gasteiger partial charge in [0.15, 0.2) is 11.6 Å². The normalized spacial score (nSPS) is 10.5. The highest BCUT2D eigenvalue weighted by Crippen LogP contribution is 2.21. The largest absolute Gasteiger partial charge is 0.465 e.